The van der Waals surface area contributed by atoms with Crippen LogP contribution in [0.25, 0.3) is 0 Å². The minimum Gasteiger partial charge on any atom is -0.348 e. The first-order valence-electron chi connectivity index (χ1n) is 13.6. The highest BCUT2D eigenvalue weighted by molar-refractivity contribution is 6.05. The second-order valence-corrected chi connectivity index (χ2v) is 10.2. The lowest BCUT2D eigenvalue weighted by Crippen LogP contribution is -2.38. The third-order valence-corrected chi connectivity index (χ3v) is 7.47. The first-order chi connectivity index (χ1) is 19.9. The van der Waals surface area contributed by atoms with Gasteiger partial charge in [0.15, 0.2) is 0 Å². The number of pyridine rings is 1. The lowest BCUT2D eigenvalue weighted by Gasteiger charge is -2.32. The van der Waals surface area contributed by atoms with Crippen LogP contribution in [0.3, 0.4) is 0 Å². The molecule has 1 aliphatic rings. The molecule has 1 saturated heterocycles. The van der Waals surface area contributed by atoms with Gasteiger partial charge in [0.1, 0.15) is 5.82 Å². The normalized spacial score (nSPS) is 13.5. The Morgan fingerprint density at radius 1 is 0.829 bits per heavy atom. The van der Waals surface area contributed by atoms with E-state index < -0.39 is 0 Å². The fraction of sp³-hybridized carbons (Fsp3) is 0.212. The van der Waals surface area contributed by atoms with E-state index in [1.165, 1.54) is 12.1 Å². The summed E-state index contributed by atoms with van der Waals surface area (Å²) in [5.74, 6) is -0.509. The number of nitrogens with one attached hydrogen (secondary N) is 2. The topological polar surface area (TPSA) is 91.4 Å². The van der Waals surface area contributed by atoms with Crippen LogP contribution in [0.15, 0.2) is 91.3 Å². The molecule has 2 heterocycles. The van der Waals surface area contributed by atoms with Crippen LogP contribution in [-0.2, 0) is 6.54 Å². The Morgan fingerprint density at radius 2 is 1.46 bits per heavy atom. The molecule has 0 atom stereocenters. The van der Waals surface area contributed by atoms with Crippen LogP contribution < -0.4 is 10.6 Å². The highest BCUT2D eigenvalue weighted by atomic mass is 19.1. The van der Waals surface area contributed by atoms with Crippen molar-refractivity contribution >= 4 is 23.4 Å². The molecule has 208 valence electrons. The summed E-state index contributed by atoms with van der Waals surface area (Å²) in [6.07, 6.45) is 4.77. The summed E-state index contributed by atoms with van der Waals surface area (Å²) in [5, 5.41) is 5.77. The molecular weight excluding hydrogens is 519 g/mol. The van der Waals surface area contributed by atoms with E-state index in [1.54, 1.807) is 48.8 Å². The smallest absolute Gasteiger partial charge is 0.255 e. The third kappa shape index (κ3) is 6.84. The van der Waals surface area contributed by atoms with Gasteiger partial charge in [-0.05, 0) is 90.9 Å². The Balaban J connectivity index is 1.15. The zero-order valence-corrected chi connectivity index (χ0v) is 22.8. The van der Waals surface area contributed by atoms with Gasteiger partial charge < -0.3 is 15.5 Å². The number of amides is 3. The van der Waals surface area contributed by atoms with Crippen molar-refractivity contribution in [3.05, 3.63) is 130 Å². The van der Waals surface area contributed by atoms with Crippen LogP contribution in [0.4, 0.5) is 10.1 Å². The molecule has 0 saturated carbocycles. The largest absolute Gasteiger partial charge is 0.348 e. The van der Waals surface area contributed by atoms with Gasteiger partial charge in [-0.15, -0.1) is 0 Å². The van der Waals surface area contributed by atoms with E-state index in [0.29, 0.717) is 47.9 Å². The maximum atomic E-state index is 13.3. The Bertz CT molecular complexity index is 1530. The third-order valence-electron chi connectivity index (χ3n) is 7.47. The van der Waals surface area contributed by atoms with Crippen molar-refractivity contribution in [1.82, 2.24) is 15.2 Å². The molecule has 4 aromatic rings. The van der Waals surface area contributed by atoms with Gasteiger partial charge in [0.2, 0.25) is 0 Å². The standard InChI is InChI=1S/C33H31FN4O3/c1-22-2-5-28(20-30(22)37-32(40)27-12-16-35-17-13-27)33(41)38-18-14-25(15-19-38)24-6-8-26(9-7-24)31(39)36-21-23-3-10-29(34)11-4-23/h2-13,16-17,20,25H,14-15,18-19,21H2,1H3,(H,36,39)(H,37,40). The summed E-state index contributed by atoms with van der Waals surface area (Å²) in [5.41, 5.74) is 5.05. The van der Waals surface area contributed by atoms with E-state index in [-0.39, 0.29) is 23.5 Å². The first-order valence-corrected chi connectivity index (χ1v) is 13.6. The van der Waals surface area contributed by atoms with Crippen LogP contribution >= 0.6 is 0 Å². The number of carbonyl (C=O) groups excluding carboxylic acids is 3. The molecule has 5 rings (SSSR count). The van der Waals surface area contributed by atoms with Crippen molar-refractivity contribution in [3.63, 3.8) is 0 Å². The highest BCUT2D eigenvalue weighted by Gasteiger charge is 2.25. The van der Waals surface area contributed by atoms with Crippen molar-refractivity contribution in [2.24, 2.45) is 0 Å². The number of likely N-dealkylation sites (tertiary alicyclic amines) is 1. The molecule has 1 aliphatic heterocycles. The number of hydrogen-bond donors (Lipinski definition) is 2. The van der Waals surface area contributed by atoms with Gasteiger partial charge in [-0.25, -0.2) is 4.39 Å². The fourth-order valence-electron chi connectivity index (χ4n) is 4.98. The Hall–Kier alpha value is -4.85. The van der Waals surface area contributed by atoms with E-state index in [9.17, 15) is 18.8 Å². The number of carbonyl (C=O) groups is 3. The minimum absolute atomic E-state index is 0.0592. The van der Waals surface area contributed by atoms with E-state index in [0.717, 1.165) is 29.5 Å². The summed E-state index contributed by atoms with van der Waals surface area (Å²) in [7, 11) is 0. The second kappa shape index (κ2) is 12.6. The monoisotopic (exact) mass is 550 g/mol. The Morgan fingerprint density at radius 3 is 2.15 bits per heavy atom. The van der Waals surface area contributed by atoms with Gasteiger partial charge >= 0.3 is 0 Å². The van der Waals surface area contributed by atoms with Crippen molar-refractivity contribution in [1.29, 1.82) is 0 Å². The van der Waals surface area contributed by atoms with E-state index in [2.05, 4.69) is 15.6 Å². The average Bonchev–Trinajstić information content (AvgIpc) is 3.02. The summed E-state index contributed by atoms with van der Waals surface area (Å²) in [6, 6.07) is 22.3. The van der Waals surface area contributed by atoms with Gasteiger partial charge in [0.25, 0.3) is 17.7 Å². The lowest BCUT2D eigenvalue weighted by atomic mass is 9.88. The first kappa shape index (κ1) is 27.7. The quantitative estimate of drug-likeness (QED) is 0.307. The number of aromatic nitrogens is 1. The van der Waals surface area contributed by atoms with E-state index >= 15 is 0 Å². The van der Waals surface area contributed by atoms with Crippen LogP contribution in [0.2, 0.25) is 0 Å². The molecule has 7 nitrogen and oxygen atoms in total. The number of rotatable bonds is 7. The number of hydrogen-bond acceptors (Lipinski definition) is 4. The number of anilines is 1. The maximum absolute atomic E-state index is 13.3. The fourth-order valence-corrected chi connectivity index (χ4v) is 4.98. The molecule has 1 fully saturated rings. The van der Waals surface area contributed by atoms with Crippen LogP contribution in [0, 0.1) is 12.7 Å². The van der Waals surface area contributed by atoms with Crippen LogP contribution in [0.1, 0.15) is 66.5 Å². The zero-order chi connectivity index (χ0) is 28.8. The predicted octanol–water partition coefficient (Wildman–Crippen LogP) is 5.73. The predicted molar refractivity (Wildman–Crippen MR) is 155 cm³/mol. The second-order valence-electron chi connectivity index (χ2n) is 10.2. The maximum Gasteiger partial charge on any atom is 0.255 e. The number of benzene rings is 3. The van der Waals surface area contributed by atoms with Gasteiger partial charge in [-0.1, -0.05) is 30.3 Å². The molecule has 0 unspecified atom stereocenters. The molecule has 41 heavy (non-hydrogen) atoms. The van der Waals surface area contributed by atoms with Crippen molar-refractivity contribution in [2.75, 3.05) is 18.4 Å². The molecule has 3 aromatic carbocycles. The summed E-state index contributed by atoms with van der Waals surface area (Å²) >= 11 is 0. The molecular formula is C33H31FN4O3. The van der Waals surface area contributed by atoms with Gasteiger partial charge in [-0.3, -0.25) is 19.4 Å². The van der Waals surface area contributed by atoms with Crippen molar-refractivity contribution in [2.45, 2.75) is 32.2 Å². The molecule has 1 aromatic heterocycles. The molecule has 0 bridgehead atoms. The van der Waals surface area contributed by atoms with Gasteiger partial charge in [-0.2, -0.15) is 0 Å². The molecule has 3 amide bonds. The molecule has 0 aliphatic carbocycles. The zero-order valence-electron chi connectivity index (χ0n) is 22.8. The molecule has 2 N–H and O–H groups in total. The highest BCUT2D eigenvalue weighted by Crippen LogP contribution is 2.29. The summed E-state index contributed by atoms with van der Waals surface area (Å²) < 4.78 is 13.1. The number of aryl methyl sites for hydroxylation is 1. The van der Waals surface area contributed by atoms with Crippen LogP contribution in [-0.4, -0.2) is 40.7 Å². The van der Waals surface area contributed by atoms with E-state index in [4.69, 9.17) is 0 Å². The van der Waals surface area contributed by atoms with Crippen molar-refractivity contribution < 1.29 is 18.8 Å². The van der Waals surface area contributed by atoms with Gasteiger partial charge in [0.05, 0.1) is 0 Å². The molecule has 0 radical (unpaired) electrons. The molecule has 8 heteroatoms. The SMILES string of the molecule is Cc1ccc(C(=O)N2CCC(c3ccc(C(=O)NCc4ccc(F)cc4)cc3)CC2)cc1NC(=O)c1ccncc1. The molecule has 0 spiro atoms. The van der Waals surface area contributed by atoms with Crippen molar-refractivity contribution in [3.8, 4) is 0 Å². The number of piperidine rings is 1. The average molecular weight is 551 g/mol. The Labute approximate surface area is 238 Å². The number of halogens is 1. The Kier molecular flexibility index (Phi) is 8.48. The number of nitrogens with zero attached hydrogens (tertiary/aromatic N) is 2. The minimum atomic E-state index is -0.307. The van der Waals surface area contributed by atoms with Crippen LogP contribution in [0.5, 0.6) is 0 Å². The summed E-state index contributed by atoms with van der Waals surface area (Å²) in [6.45, 7) is 3.46. The van der Waals surface area contributed by atoms with E-state index in [1.807, 2.05) is 42.2 Å². The summed E-state index contributed by atoms with van der Waals surface area (Å²) in [4.78, 5) is 44.3. The van der Waals surface area contributed by atoms with Gasteiger partial charge in [0, 0.05) is 54.4 Å². The lowest BCUT2D eigenvalue weighted by molar-refractivity contribution is 0.0712.